The number of hydrogen-bond donors (Lipinski definition) is 7. The highest BCUT2D eigenvalue weighted by Crippen LogP contribution is 2.03. The maximum atomic E-state index is 12.5. The van der Waals surface area contributed by atoms with Gasteiger partial charge in [0, 0.05) is 0 Å². The van der Waals surface area contributed by atoms with E-state index in [2.05, 4.69) is 16.0 Å². The van der Waals surface area contributed by atoms with Crippen molar-refractivity contribution in [3.05, 3.63) is 0 Å². The van der Waals surface area contributed by atoms with Gasteiger partial charge in [-0.1, -0.05) is 0 Å². The van der Waals surface area contributed by atoms with Gasteiger partial charge in [-0.05, 0) is 39.2 Å². The Morgan fingerprint density at radius 3 is 1.93 bits per heavy atom. The van der Waals surface area contributed by atoms with Crippen LogP contribution in [-0.2, 0) is 19.2 Å². The normalized spacial score (nSPS) is 17.4. The van der Waals surface area contributed by atoms with Gasteiger partial charge in [0.15, 0.2) is 6.04 Å². The fraction of sp³-hybridized carbons (Fsp3) is 0.750. The minimum Gasteiger partial charge on any atom is -0.480 e. The molecule has 0 aliphatic heterocycles. The lowest BCUT2D eigenvalue weighted by atomic mass is 10.1. The lowest BCUT2D eigenvalue weighted by Crippen LogP contribution is -2.58. The summed E-state index contributed by atoms with van der Waals surface area (Å²) in [5.41, 5.74) is 5.56. The van der Waals surface area contributed by atoms with Crippen LogP contribution in [0, 0.1) is 0 Å². The molecule has 0 aromatic heterocycles. The highest BCUT2D eigenvalue weighted by atomic mass is 32.2. The second-order valence-corrected chi connectivity index (χ2v) is 7.39. The molecular weight excluding hydrogens is 392 g/mol. The lowest BCUT2D eigenvalue weighted by molar-refractivity contribution is -0.145. The second-order valence-electron chi connectivity index (χ2n) is 6.40. The van der Waals surface area contributed by atoms with E-state index in [0.29, 0.717) is 5.75 Å². The number of aliphatic carboxylic acids is 1. The number of aliphatic hydroxyl groups excluding tert-OH is 2. The predicted molar refractivity (Wildman–Crippen MR) is 103 cm³/mol. The summed E-state index contributed by atoms with van der Waals surface area (Å²) in [6.45, 7) is 3.89. The molecule has 0 rings (SSSR count). The molecule has 0 fully saturated rings. The summed E-state index contributed by atoms with van der Waals surface area (Å²) in [4.78, 5) is 47.6. The summed E-state index contributed by atoms with van der Waals surface area (Å²) in [5, 5.41) is 34.8. The first-order valence-corrected chi connectivity index (χ1v) is 10.1. The molecule has 0 aromatic carbocycles. The Bertz CT molecular complexity index is 559. The first-order chi connectivity index (χ1) is 12.9. The standard InChI is InChI=1S/C16H30N4O7S/c1-7(13(23)20-12(9(3)22)16(26)27)18-14(24)10(5-6-28-4)19-15(25)11(17)8(2)21/h7-12,21-22H,5-6,17H2,1-4H3,(H,18,24)(H,19,25)(H,20,23)(H,26,27). The van der Waals surface area contributed by atoms with E-state index >= 15 is 0 Å². The zero-order chi connectivity index (χ0) is 22.0. The molecule has 28 heavy (non-hydrogen) atoms. The van der Waals surface area contributed by atoms with Gasteiger partial charge in [0.2, 0.25) is 17.7 Å². The van der Waals surface area contributed by atoms with Crippen LogP contribution in [0.25, 0.3) is 0 Å². The molecule has 0 spiro atoms. The molecule has 11 nitrogen and oxygen atoms in total. The summed E-state index contributed by atoms with van der Waals surface area (Å²) in [5.74, 6) is -3.07. The molecule has 3 amide bonds. The topological polar surface area (TPSA) is 191 Å². The van der Waals surface area contributed by atoms with Crippen LogP contribution in [0.15, 0.2) is 0 Å². The van der Waals surface area contributed by atoms with E-state index < -0.39 is 60.1 Å². The number of hydrogen-bond acceptors (Lipinski definition) is 8. The highest BCUT2D eigenvalue weighted by molar-refractivity contribution is 7.98. The molecule has 6 atom stereocenters. The van der Waals surface area contributed by atoms with E-state index in [1.807, 2.05) is 6.26 Å². The first-order valence-electron chi connectivity index (χ1n) is 8.66. The molecule has 0 saturated carbocycles. The Labute approximate surface area is 167 Å². The molecule has 0 aliphatic carbocycles. The molecule has 0 aliphatic rings. The summed E-state index contributed by atoms with van der Waals surface area (Å²) >= 11 is 1.44. The Kier molecular flexibility index (Phi) is 11.7. The van der Waals surface area contributed by atoms with Crippen molar-refractivity contribution in [2.75, 3.05) is 12.0 Å². The third-order valence-corrected chi connectivity index (χ3v) is 4.51. The smallest absolute Gasteiger partial charge is 0.328 e. The van der Waals surface area contributed by atoms with Crippen LogP contribution < -0.4 is 21.7 Å². The molecule has 0 radical (unpaired) electrons. The van der Waals surface area contributed by atoms with Crippen molar-refractivity contribution in [3.8, 4) is 0 Å². The van der Waals surface area contributed by atoms with Crippen molar-refractivity contribution in [3.63, 3.8) is 0 Å². The van der Waals surface area contributed by atoms with Crippen LogP contribution in [0.4, 0.5) is 0 Å². The maximum Gasteiger partial charge on any atom is 0.328 e. The number of amides is 3. The SMILES string of the molecule is CSCCC(NC(=O)C(N)C(C)O)C(=O)NC(C)C(=O)NC(C(=O)O)C(C)O. The molecule has 0 heterocycles. The first kappa shape index (κ1) is 26.1. The van der Waals surface area contributed by atoms with Crippen molar-refractivity contribution in [1.29, 1.82) is 0 Å². The van der Waals surface area contributed by atoms with Gasteiger partial charge in [-0.25, -0.2) is 4.79 Å². The van der Waals surface area contributed by atoms with Crippen LogP contribution in [0.3, 0.4) is 0 Å². The minimum atomic E-state index is -1.53. The maximum absolute atomic E-state index is 12.5. The molecule has 0 bridgehead atoms. The van der Waals surface area contributed by atoms with E-state index in [-0.39, 0.29) is 6.42 Å². The average Bonchev–Trinajstić information content (AvgIpc) is 2.60. The van der Waals surface area contributed by atoms with Gasteiger partial charge in [-0.2, -0.15) is 11.8 Å². The Morgan fingerprint density at radius 2 is 1.50 bits per heavy atom. The average molecular weight is 423 g/mol. The van der Waals surface area contributed by atoms with Crippen LogP contribution >= 0.6 is 11.8 Å². The number of carboxylic acid groups (broad SMARTS) is 1. The van der Waals surface area contributed by atoms with Crippen molar-refractivity contribution in [1.82, 2.24) is 16.0 Å². The highest BCUT2D eigenvalue weighted by Gasteiger charge is 2.30. The van der Waals surface area contributed by atoms with Gasteiger partial charge < -0.3 is 37.0 Å². The minimum absolute atomic E-state index is 0.255. The Hall–Kier alpha value is -1.89. The number of aliphatic hydroxyl groups is 2. The van der Waals surface area contributed by atoms with E-state index in [1.165, 1.54) is 32.5 Å². The fourth-order valence-electron chi connectivity index (χ4n) is 2.04. The van der Waals surface area contributed by atoms with Crippen molar-refractivity contribution in [2.45, 2.75) is 63.6 Å². The number of rotatable bonds is 12. The Balaban J connectivity index is 5.01. The zero-order valence-corrected chi connectivity index (χ0v) is 17.2. The van der Waals surface area contributed by atoms with Crippen molar-refractivity contribution >= 4 is 35.5 Å². The van der Waals surface area contributed by atoms with Crippen LogP contribution in [0.5, 0.6) is 0 Å². The Morgan fingerprint density at radius 1 is 0.929 bits per heavy atom. The molecule has 8 N–H and O–H groups in total. The van der Waals surface area contributed by atoms with Crippen LogP contribution in [0.1, 0.15) is 27.2 Å². The van der Waals surface area contributed by atoms with E-state index in [0.717, 1.165) is 0 Å². The van der Waals surface area contributed by atoms with Gasteiger partial charge in [0.05, 0.1) is 12.2 Å². The van der Waals surface area contributed by atoms with E-state index in [1.54, 1.807) is 0 Å². The van der Waals surface area contributed by atoms with Crippen LogP contribution in [-0.4, -0.2) is 87.4 Å². The lowest BCUT2D eigenvalue weighted by Gasteiger charge is -2.24. The zero-order valence-electron chi connectivity index (χ0n) is 16.3. The van der Waals surface area contributed by atoms with Gasteiger partial charge >= 0.3 is 5.97 Å². The molecule has 162 valence electrons. The summed E-state index contributed by atoms with van der Waals surface area (Å²) < 4.78 is 0. The second kappa shape index (κ2) is 12.5. The third-order valence-electron chi connectivity index (χ3n) is 3.86. The number of carboxylic acids is 1. The predicted octanol–water partition coefficient (Wildman–Crippen LogP) is -2.61. The molecule has 12 heteroatoms. The fourth-order valence-corrected chi connectivity index (χ4v) is 2.51. The number of carbonyl (C=O) groups excluding carboxylic acids is 3. The van der Waals surface area contributed by atoms with Crippen molar-refractivity contribution < 1.29 is 34.5 Å². The largest absolute Gasteiger partial charge is 0.480 e. The molecule has 0 aromatic rings. The van der Waals surface area contributed by atoms with Gasteiger partial charge in [-0.3, -0.25) is 14.4 Å². The van der Waals surface area contributed by atoms with Gasteiger partial charge in [0.1, 0.15) is 18.1 Å². The summed E-state index contributed by atoms with van der Waals surface area (Å²) in [7, 11) is 0. The molecule has 0 saturated heterocycles. The number of thioether (sulfide) groups is 1. The molecular formula is C16H30N4O7S. The monoisotopic (exact) mass is 422 g/mol. The summed E-state index contributed by atoms with van der Waals surface area (Å²) in [6.07, 6.45) is -0.371. The number of carbonyl (C=O) groups is 4. The van der Waals surface area contributed by atoms with Crippen molar-refractivity contribution in [2.24, 2.45) is 5.73 Å². The third kappa shape index (κ3) is 8.87. The number of nitrogens with two attached hydrogens (primary N) is 1. The summed E-state index contributed by atoms with van der Waals surface area (Å²) in [6, 6.07) is -4.85. The van der Waals surface area contributed by atoms with E-state index in [9.17, 15) is 29.4 Å². The number of nitrogens with one attached hydrogen (secondary N) is 3. The van der Waals surface area contributed by atoms with Gasteiger partial charge in [0.25, 0.3) is 0 Å². The molecule has 6 unspecified atom stereocenters. The quantitative estimate of drug-likeness (QED) is 0.176. The van der Waals surface area contributed by atoms with E-state index in [4.69, 9.17) is 10.8 Å². The van der Waals surface area contributed by atoms with Gasteiger partial charge in [-0.15, -0.1) is 0 Å². The van der Waals surface area contributed by atoms with Crippen LogP contribution in [0.2, 0.25) is 0 Å².